The Labute approximate surface area is 150 Å². The minimum absolute atomic E-state index is 0.0197. The molecule has 0 unspecified atom stereocenters. The molecule has 25 heavy (non-hydrogen) atoms. The zero-order valence-corrected chi connectivity index (χ0v) is 15.3. The lowest BCUT2D eigenvalue weighted by Crippen LogP contribution is -2.40. The van der Waals surface area contributed by atoms with Gasteiger partial charge in [-0.05, 0) is 45.3 Å². The van der Waals surface area contributed by atoms with Gasteiger partial charge < -0.3 is 14.6 Å². The van der Waals surface area contributed by atoms with Gasteiger partial charge in [0.25, 0.3) is 10.1 Å². The fourth-order valence-corrected chi connectivity index (χ4v) is 2.42. The van der Waals surface area contributed by atoms with Crippen LogP contribution in [0.4, 0.5) is 5.88 Å². The van der Waals surface area contributed by atoms with Gasteiger partial charge in [-0.3, -0.25) is 14.7 Å². The summed E-state index contributed by atoms with van der Waals surface area (Å²) < 4.78 is 36.1. The summed E-state index contributed by atoms with van der Waals surface area (Å²) in [6.07, 6.45) is 1.81. The van der Waals surface area contributed by atoms with Gasteiger partial charge in [0.2, 0.25) is 0 Å². The smallest absolute Gasteiger partial charge is 0.400 e. The van der Waals surface area contributed by atoms with E-state index in [0.29, 0.717) is 6.54 Å². The summed E-state index contributed by atoms with van der Waals surface area (Å²) in [5, 5.41) is 18.0. The molecular formula is C12H19N5O6S2. The summed E-state index contributed by atoms with van der Waals surface area (Å²) in [6, 6.07) is 2.42. The molecule has 1 heterocycles. The molecule has 0 atom stereocenters. The number of thiocarbonyl (C=S) groups is 1. The minimum Gasteiger partial charge on any atom is -0.400 e. The van der Waals surface area contributed by atoms with Crippen molar-refractivity contribution in [2.45, 2.75) is 6.42 Å². The maximum absolute atomic E-state index is 11.1. The van der Waals surface area contributed by atoms with Crippen LogP contribution in [0.2, 0.25) is 0 Å². The van der Waals surface area contributed by atoms with Crippen molar-refractivity contribution in [3.05, 3.63) is 28.0 Å². The molecule has 0 aromatic carbocycles. The molecule has 0 aliphatic rings. The molecule has 0 radical (unpaired) electrons. The summed E-state index contributed by atoms with van der Waals surface area (Å²) in [5.74, 6) is -1.32. The molecule has 1 rings (SSSR count). The molecule has 0 saturated heterocycles. The fraction of sp³-hybridized carbons (Fsp3) is 0.500. The van der Waals surface area contributed by atoms with E-state index in [-0.39, 0.29) is 10.9 Å². The topological polar surface area (TPSA) is 142 Å². The highest BCUT2D eigenvalue weighted by Gasteiger charge is 2.17. The van der Waals surface area contributed by atoms with Crippen LogP contribution < -0.4 is 5.32 Å². The molecule has 0 amide bonds. The molecular weight excluding hydrogens is 374 g/mol. The van der Waals surface area contributed by atoms with Crippen LogP contribution in [0.15, 0.2) is 21.7 Å². The maximum Gasteiger partial charge on any atom is 0.433 e. The lowest BCUT2D eigenvalue weighted by molar-refractivity contribution is -0.402. The van der Waals surface area contributed by atoms with Crippen molar-refractivity contribution in [3.8, 4) is 0 Å². The van der Waals surface area contributed by atoms with E-state index in [0.717, 1.165) is 30.3 Å². The first-order valence-corrected chi connectivity index (χ1v) is 9.03. The van der Waals surface area contributed by atoms with E-state index in [2.05, 4.69) is 10.4 Å². The van der Waals surface area contributed by atoms with Crippen LogP contribution in [0.5, 0.6) is 0 Å². The first-order chi connectivity index (χ1) is 11.6. The van der Waals surface area contributed by atoms with Crippen LogP contribution in [-0.4, -0.2) is 72.2 Å². The average Bonchev–Trinajstić information content (AvgIpc) is 2.95. The van der Waals surface area contributed by atoms with Crippen molar-refractivity contribution < 1.29 is 22.3 Å². The van der Waals surface area contributed by atoms with Crippen LogP contribution in [0.1, 0.15) is 12.2 Å². The van der Waals surface area contributed by atoms with Crippen LogP contribution in [-0.2, 0) is 10.1 Å². The molecule has 13 heteroatoms. The molecule has 0 fully saturated rings. The number of hydrogen-bond donors (Lipinski definition) is 2. The van der Waals surface area contributed by atoms with Gasteiger partial charge in [-0.25, -0.2) is 5.01 Å². The monoisotopic (exact) mass is 393 g/mol. The Kier molecular flexibility index (Phi) is 7.89. The molecule has 0 bridgehead atoms. The third-order valence-corrected chi connectivity index (χ3v) is 3.62. The Morgan fingerprint density at radius 2 is 2.20 bits per heavy atom. The molecule has 0 spiro atoms. The number of nitro groups is 1. The Balaban J connectivity index is 2.76. The van der Waals surface area contributed by atoms with Gasteiger partial charge in [-0.2, -0.15) is 13.5 Å². The van der Waals surface area contributed by atoms with Gasteiger partial charge in [-0.1, -0.05) is 0 Å². The summed E-state index contributed by atoms with van der Waals surface area (Å²) in [7, 11) is -0.562. The van der Waals surface area contributed by atoms with Gasteiger partial charge in [-0.15, -0.1) is 0 Å². The van der Waals surface area contributed by atoms with Crippen molar-refractivity contribution in [2.75, 3.05) is 33.1 Å². The summed E-state index contributed by atoms with van der Waals surface area (Å²) in [4.78, 5) is 11.8. The van der Waals surface area contributed by atoms with Crippen LogP contribution >= 0.6 is 12.2 Å². The van der Waals surface area contributed by atoms with Crippen LogP contribution in [0.3, 0.4) is 0 Å². The zero-order chi connectivity index (χ0) is 19.0. The molecule has 11 nitrogen and oxygen atoms in total. The van der Waals surface area contributed by atoms with Gasteiger partial charge in [0.1, 0.15) is 4.92 Å². The Hall–Kier alpha value is -2.09. The van der Waals surface area contributed by atoms with Crippen molar-refractivity contribution in [3.63, 3.8) is 0 Å². The highest BCUT2D eigenvalue weighted by molar-refractivity contribution is 7.85. The number of nitrogens with one attached hydrogen (secondary N) is 1. The third-order valence-electron chi connectivity index (χ3n) is 2.70. The fourth-order valence-electron chi connectivity index (χ4n) is 1.62. The van der Waals surface area contributed by atoms with E-state index in [1.165, 1.54) is 6.07 Å². The molecule has 1 aromatic heterocycles. The second-order valence-corrected chi connectivity index (χ2v) is 6.99. The van der Waals surface area contributed by atoms with E-state index in [9.17, 15) is 18.5 Å². The molecule has 0 aliphatic carbocycles. The number of rotatable bonds is 9. The second kappa shape index (κ2) is 9.41. The van der Waals surface area contributed by atoms with E-state index in [1.54, 1.807) is 0 Å². The lowest BCUT2D eigenvalue weighted by atomic mass is 10.4. The first-order valence-electron chi connectivity index (χ1n) is 7.02. The SMILES string of the molecule is CN(C)CCCNC(=S)N(CS(=O)(=O)O)N=Cc1ccc([N+](=O)[O-])o1. The standard InChI is InChI=1S/C12H19N5O6S2/c1-15(2)7-3-6-13-12(24)16(9-25(20,21)22)14-8-10-4-5-11(23-10)17(18)19/h4-5,8H,3,6-7,9H2,1-2H3,(H,13,24)(H,20,21,22). The van der Waals surface area contributed by atoms with Crippen molar-refractivity contribution in [2.24, 2.45) is 5.10 Å². The molecule has 1 aromatic rings. The largest absolute Gasteiger partial charge is 0.433 e. The second-order valence-electron chi connectivity index (χ2n) is 5.18. The highest BCUT2D eigenvalue weighted by atomic mass is 32.2. The number of nitrogens with zero attached hydrogens (tertiary/aromatic N) is 4. The molecule has 140 valence electrons. The van der Waals surface area contributed by atoms with E-state index >= 15 is 0 Å². The van der Waals surface area contributed by atoms with Crippen molar-refractivity contribution in [1.82, 2.24) is 15.2 Å². The molecule has 0 saturated carbocycles. The van der Waals surface area contributed by atoms with Crippen LogP contribution in [0.25, 0.3) is 0 Å². The Morgan fingerprint density at radius 3 is 2.72 bits per heavy atom. The molecule has 2 N–H and O–H groups in total. The summed E-state index contributed by atoms with van der Waals surface area (Å²) >= 11 is 5.06. The van der Waals surface area contributed by atoms with Crippen LogP contribution in [0, 0.1) is 10.1 Å². The Morgan fingerprint density at radius 1 is 1.52 bits per heavy atom. The van der Waals surface area contributed by atoms with Crippen molar-refractivity contribution in [1.29, 1.82) is 0 Å². The normalized spacial score (nSPS) is 11.8. The number of furan rings is 1. The summed E-state index contributed by atoms with van der Waals surface area (Å²) in [5.41, 5.74) is 0. The van der Waals surface area contributed by atoms with Gasteiger partial charge >= 0.3 is 5.88 Å². The van der Waals surface area contributed by atoms with E-state index < -0.39 is 26.8 Å². The number of hydrogen-bond acceptors (Lipinski definition) is 8. The molecule has 0 aliphatic heterocycles. The highest BCUT2D eigenvalue weighted by Crippen LogP contribution is 2.14. The van der Waals surface area contributed by atoms with Crippen molar-refractivity contribution >= 4 is 39.5 Å². The predicted molar refractivity (Wildman–Crippen MR) is 95.0 cm³/mol. The Bertz CT molecular complexity index is 730. The zero-order valence-electron chi connectivity index (χ0n) is 13.7. The summed E-state index contributed by atoms with van der Waals surface area (Å²) in [6.45, 7) is 1.27. The predicted octanol–water partition coefficient (Wildman–Crippen LogP) is 0.495. The average molecular weight is 393 g/mol. The number of hydrazone groups is 1. The maximum atomic E-state index is 11.1. The van der Waals surface area contributed by atoms with E-state index in [1.807, 2.05) is 19.0 Å². The first kappa shape index (κ1) is 21.0. The van der Waals surface area contributed by atoms with Gasteiger partial charge in [0, 0.05) is 6.54 Å². The van der Waals surface area contributed by atoms with Gasteiger partial charge in [0.15, 0.2) is 16.7 Å². The lowest BCUT2D eigenvalue weighted by Gasteiger charge is -2.19. The quantitative estimate of drug-likeness (QED) is 0.152. The third kappa shape index (κ3) is 8.53. The minimum atomic E-state index is -4.39. The van der Waals surface area contributed by atoms with E-state index in [4.69, 9.17) is 21.2 Å². The van der Waals surface area contributed by atoms with Gasteiger partial charge in [0.05, 0.1) is 12.3 Å².